The third-order valence-electron chi connectivity index (χ3n) is 3.00. The molecule has 0 aliphatic rings. The summed E-state index contributed by atoms with van der Waals surface area (Å²) < 4.78 is 26.9. The van der Waals surface area contributed by atoms with Crippen molar-refractivity contribution in [3.05, 3.63) is 27.7 Å². The van der Waals surface area contributed by atoms with Gasteiger partial charge in [0.05, 0.1) is 10.5 Å². The van der Waals surface area contributed by atoms with Crippen LogP contribution in [0.1, 0.15) is 29.3 Å². The molecule has 0 saturated heterocycles. The number of hydrogen-bond donors (Lipinski definition) is 2. The van der Waals surface area contributed by atoms with Crippen LogP contribution in [0.15, 0.2) is 21.5 Å². The maximum absolute atomic E-state index is 12.6. The first kappa shape index (κ1) is 18.1. The van der Waals surface area contributed by atoms with Gasteiger partial charge in [0.2, 0.25) is 10.0 Å². The van der Waals surface area contributed by atoms with Crippen molar-refractivity contribution in [3.63, 3.8) is 0 Å². The SMILES string of the molecule is CCN(CCCO)S(=O)(=O)c1cc(C(=O)O)cc(C)c1Br. The van der Waals surface area contributed by atoms with E-state index < -0.39 is 16.0 Å². The fourth-order valence-electron chi connectivity index (χ4n) is 1.88. The van der Waals surface area contributed by atoms with Gasteiger partial charge in [-0.05, 0) is 47.0 Å². The lowest BCUT2D eigenvalue weighted by Crippen LogP contribution is -2.32. The number of aryl methyl sites for hydroxylation is 1. The van der Waals surface area contributed by atoms with Crippen molar-refractivity contribution in [2.45, 2.75) is 25.2 Å². The first-order valence-electron chi connectivity index (χ1n) is 6.40. The number of carboxylic acids is 1. The minimum Gasteiger partial charge on any atom is -0.478 e. The maximum Gasteiger partial charge on any atom is 0.335 e. The molecule has 0 aliphatic carbocycles. The van der Waals surface area contributed by atoms with E-state index in [0.717, 1.165) is 6.07 Å². The second-order valence-corrected chi connectivity index (χ2v) is 7.18. The molecule has 0 unspecified atom stereocenters. The summed E-state index contributed by atoms with van der Waals surface area (Å²) in [5, 5.41) is 17.9. The van der Waals surface area contributed by atoms with Gasteiger partial charge in [-0.3, -0.25) is 0 Å². The zero-order valence-electron chi connectivity index (χ0n) is 11.8. The average Bonchev–Trinajstić information content (AvgIpc) is 2.41. The summed E-state index contributed by atoms with van der Waals surface area (Å²) in [6.07, 6.45) is 0.322. The summed E-state index contributed by atoms with van der Waals surface area (Å²) in [6, 6.07) is 2.56. The molecule has 1 aromatic rings. The van der Waals surface area contributed by atoms with E-state index in [-0.39, 0.29) is 30.2 Å². The van der Waals surface area contributed by atoms with Crippen LogP contribution in [0.2, 0.25) is 0 Å². The normalized spacial score (nSPS) is 11.9. The number of hydrogen-bond acceptors (Lipinski definition) is 4. The van der Waals surface area contributed by atoms with Gasteiger partial charge in [0, 0.05) is 24.2 Å². The summed E-state index contributed by atoms with van der Waals surface area (Å²) in [4.78, 5) is 11.0. The Morgan fingerprint density at radius 2 is 2.00 bits per heavy atom. The number of aromatic carboxylic acids is 1. The minimum absolute atomic E-state index is 0.0697. The maximum atomic E-state index is 12.6. The van der Waals surface area contributed by atoms with Crippen LogP contribution in [0.3, 0.4) is 0 Å². The average molecular weight is 380 g/mol. The van der Waals surface area contributed by atoms with Gasteiger partial charge in [-0.25, -0.2) is 13.2 Å². The van der Waals surface area contributed by atoms with E-state index in [1.807, 2.05) is 0 Å². The molecule has 0 radical (unpaired) electrons. The van der Waals surface area contributed by atoms with Crippen molar-refractivity contribution < 1.29 is 23.4 Å². The molecule has 0 aliphatic heterocycles. The molecule has 0 saturated carbocycles. The number of aliphatic hydroxyl groups is 1. The van der Waals surface area contributed by atoms with Crippen molar-refractivity contribution in [2.75, 3.05) is 19.7 Å². The third kappa shape index (κ3) is 4.03. The smallest absolute Gasteiger partial charge is 0.335 e. The molecule has 0 bridgehead atoms. The Morgan fingerprint density at radius 1 is 1.38 bits per heavy atom. The number of halogens is 1. The van der Waals surface area contributed by atoms with Crippen molar-refractivity contribution in [2.24, 2.45) is 0 Å². The molecule has 1 rings (SSSR count). The number of sulfonamides is 1. The molecule has 0 spiro atoms. The highest BCUT2D eigenvalue weighted by Gasteiger charge is 2.27. The largest absolute Gasteiger partial charge is 0.478 e. The van der Waals surface area contributed by atoms with Gasteiger partial charge < -0.3 is 10.2 Å². The van der Waals surface area contributed by atoms with E-state index in [2.05, 4.69) is 15.9 Å². The highest BCUT2D eigenvalue weighted by atomic mass is 79.9. The Morgan fingerprint density at radius 3 is 2.48 bits per heavy atom. The standard InChI is InChI=1S/C13H18BrNO5S/c1-3-15(5-4-6-16)21(19,20)11-8-10(13(17)18)7-9(2)12(11)14/h7-8,16H,3-6H2,1-2H3,(H,17,18). The predicted octanol–water partition coefficient (Wildman–Crippen LogP) is 1.85. The topological polar surface area (TPSA) is 94.9 Å². The molecule has 2 N–H and O–H groups in total. The molecular weight excluding hydrogens is 362 g/mol. The monoisotopic (exact) mass is 379 g/mol. The molecule has 8 heteroatoms. The molecule has 0 fully saturated rings. The van der Waals surface area contributed by atoms with Gasteiger partial charge in [0.15, 0.2) is 0 Å². The van der Waals surface area contributed by atoms with Crippen LogP contribution in [0.5, 0.6) is 0 Å². The molecule has 0 heterocycles. The first-order chi connectivity index (χ1) is 9.75. The van der Waals surface area contributed by atoms with Gasteiger partial charge in [-0.2, -0.15) is 4.31 Å². The van der Waals surface area contributed by atoms with Crippen LogP contribution in [0, 0.1) is 6.92 Å². The lowest BCUT2D eigenvalue weighted by Gasteiger charge is -2.21. The van der Waals surface area contributed by atoms with Crippen LogP contribution in [-0.2, 0) is 10.0 Å². The van der Waals surface area contributed by atoms with E-state index in [0.29, 0.717) is 16.5 Å². The predicted molar refractivity (Wildman–Crippen MR) is 82.0 cm³/mol. The molecule has 0 amide bonds. The Labute approximate surface area is 132 Å². The molecule has 1 aromatic carbocycles. The second-order valence-electron chi connectivity index (χ2n) is 4.48. The van der Waals surface area contributed by atoms with Crippen LogP contribution in [-0.4, -0.2) is 48.6 Å². The Hall–Kier alpha value is -0.960. The highest BCUT2D eigenvalue weighted by molar-refractivity contribution is 9.10. The fourth-order valence-corrected chi connectivity index (χ4v) is 4.38. The number of benzene rings is 1. The molecule has 0 atom stereocenters. The molecule has 0 aromatic heterocycles. The summed E-state index contributed by atoms with van der Waals surface area (Å²) in [5.74, 6) is -1.18. The number of nitrogens with zero attached hydrogens (tertiary/aromatic N) is 1. The fraction of sp³-hybridized carbons (Fsp3) is 0.462. The van der Waals surface area contributed by atoms with Gasteiger partial charge in [0.25, 0.3) is 0 Å². The van der Waals surface area contributed by atoms with E-state index in [4.69, 9.17) is 10.2 Å². The molecule has 6 nitrogen and oxygen atoms in total. The Kier molecular flexibility index (Phi) is 6.33. The van der Waals surface area contributed by atoms with Crippen LogP contribution >= 0.6 is 15.9 Å². The third-order valence-corrected chi connectivity index (χ3v) is 6.32. The van der Waals surface area contributed by atoms with Crippen molar-refractivity contribution in [1.29, 1.82) is 0 Å². The van der Waals surface area contributed by atoms with Crippen LogP contribution in [0.4, 0.5) is 0 Å². The quantitative estimate of drug-likeness (QED) is 0.753. The molecular formula is C13H18BrNO5S. The zero-order chi connectivity index (χ0) is 16.2. The van der Waals surface area contributed by atoms with E-state index in [1.165, 1.54) is 10.4 Å². The van der Waals surface area contributed by atoms with Crippen molar-refractivity contribution >= 4 is 31.9 Å². The zero-order valence-corrected chi connectivity index (χ0v) is 14.2. The summed E-state index contributed by atoms with van der Waals surface area (Å²) in [6.45, 7) is 3.64. The first-order valence-corrected chi connectivity index (χ1v) is 8.63. The second kappa shape index (κ2) is 7.35. The van der Waals surface area contributed by atoms with E-state index in [1.54, 1.807) is 13.8 Å². The highest BCUT2D eigenvalue weighted by Crippen LogP contribution is 2.29. The Bertz CT molecular complexity index is 630. The minimum atomic E-state index is -3.82. The van der Waals surface area contributed by atoms with Crippen LogP contribution in [0.25, 0.3) is 0 Å². The molecule has 21 heavy (non-hydrogen) atoms. The van der Waals surface area contributed by atoms with E-state index >= 15 is 0 Å². The number of rotatable bonds is 7. The van der Waals surface area contributed by atoms with Crippen molar-refractivity contribution in [1.82, 2.24) is 4.31 Å². The lowest BCUT2D eigenvalue weighted by atomic mass is 10.1. The van der Waals surface area contributed by atoms with Gasteiger partial charge in [0.1, 0.15) is 0 Å². The molecule has 118 valence electrons. The van der Waals surface area contributed by atoms with Gasteiger partial charge >= 0.3 is 5.97 Å². The van der Waals surface area contributed by atoms with Gasteiger partial charge in [-0.1, -0.05) is 6.92 Å². The van der Waals surface area contributed by atoms with Crippen molar-refractivity contribution in [3.8, 4) is 0 Å². The lowest BCUT2D eigenvalue weighted by molar-refractivity contribution is 0.0696. The summed E-state index contributed by atoms with van der Waals surface area (Å²) in [7, 11) is -3.82. The summed E-state index contributed by atoms with van der Waals surface area (Å²) >= 11 is 3.22. The summed E-state index contributed by atoms with van der Waals surface area (Å²) in [5.41, 5.74) is 0.458. The van der Waals surface area contributed by atoms with Gasteiger partial charge in [-0.15, -0.1) is 0 Å². The van der Waals surface area contributed by atoms with Crippen LogP contribution < -0.4 is 0 Å². The number of carboxylic acid groups (broad SMARTS) is 1. The number of carbonyl (C=O) groups is 1. The number of aliphatic hydroxyl groups excluding tert-OH is 1. The van der Waals surface area contributed by atoms with E-state index in [9.17, 15) is 13.2 Å². The Balaban J connectivity index is 3.39.